The van der Waals surface area contributed by atoms with Gasteiger partial charge in [0, 0.05) is 17.7 Å². The highest BCUT2D eigenvalue weighted by molar-refractivity contribution is 5.52. The van der Waals surface area contributed by atoms with Crippen molar-refractivity contribution in [2.24, 2.45) is 0 Å². The number of hydrogen-bond acceptors (Lipinski definition) is 3. The maximum atomic E-state index is 12.7. The van der Waals surface area contributed by atoms with Gasteiger partial charge in [-0.05, 0) is 43.4 Å². The smallest absolute Gasteiger partial charge is 0.330 e. The normalized spacial score (nSPS) is 11.9. The van der Waals surface area contributed by atoms with Crippen LogP contribution >= 0.6 is 0 Å². The number of hydrogen-bond donors (Lipinski definition) is 1. The summed E-state index contributed by atoms with van der Waals surface area (Å²) in [5.41, 5.74) is 6.12. The lowest BCUT2D eigenvalue weighted by molar-refractivity contribution is 0.0896. The van der Waals surface area contributed by atoms with Crippen LogP contribution in [0.2, 0.25) is 0 Å². The summed E-state index contributed by atoms with van der Waals surface area (Å²) in [5, 5.41) is 0. The third kappa shape index (κ3) is 5.95. The molecular formula is C27H32N2O3. The van der Waals surface area contributed by atoms with Crippen molar-refractivity contribution >= 4 is 6.08 Å². The van der Waals surface area contributed by atoms with Gasteiger partial charge in [0.25, 0.3) is 5.56 Å². The molecule has 0 radical (unpaired) electrons. The van der Waals surface area contributed by atoms with Crippen LogP contribution in [-0.4, -0.2) is 16.2 Å². The average Bonchev–Trinajstić information content (AvgIpc) is 2.69. The van der Waals surface area contributed by atoms with Crippen LogP contribution in [0.25, 0.3) is 6.08 Å². The van der Waals surface area contributed by atoms with E-state index >= 15 is 0 Å². The Morgan fingerprint density at radius 3 is 2.34 bits per heavy atom. The number of aryl methyl sites for hydroxylation is 2. The number of aromatic amines is 1. The Morgan fingerprint density at radius 1 is 1.06 bits per heavy atom. The molecule has 0 aliphatic heterocycles. The predicted octanol–water partition coefficient (Wildman–Crippen LogP) is 4.95. The molecule has 1 aromatic heterocycles. The van der Waals surface area contributed by atoms with Gasteiger partial charge in [-0.1, -0.05) is 79.6 Å². The molecular weight excluding hydrogens is 400 g/mol. The van der Waals surface area contributed by atoms with E-state index in [2.05, 4.69) is 43.1 Å². The second-order valence-corrected chi connectivity index (χ2v) is 8.75. The summed E-state index contributed by atoms with van der Waals surface area (Å²) < 4.78 is 7.47. The van der Waals surface area contributed by atoms with Gasteiger partial charge in [0.1, 0.15) is 6.73 Å². The van der Waals surface area contributed by atoms with E-state index in [4.69, 9.17) is 4.74 Å². The van der Waals surface area contributed by atoms with Crippen molar-refractivity contribution < 1.29 is 4.74 Å². The number of nitrogens with one attached hydrogen (secondary N) is 1. The third-order valence-corrected chi connectivity index (χ3v) is 5.34. The molecule has 0 saturated carbocycles. The Balaban J connectivity index is 1.90. The largest absolute Gasteiger partial charge is 0.356 e. The number of ether oxygens (including phenoxy) is 1. The molecule has 0 spiro atoms. The van der Waals surface area contributed by atoms with E-state index in [0.717, 1.165) is 27.8 Å². The molecule has 0 bridgehead atoms. The van der Waals surface area contributed by atoms with Crippen molar-refractivity contribution in [3.05, 3.63) is 108 Å². The van der Waals surface area contributed by atoms with Gasteiger partial charge in [-0.3, -0.25) is 14.3 Å². The molecule has 32 heavy (non-hydrogen) atoms. The van der Waals surface area contributed by atoms with E-state index in [0.29, 0.717) is 24.3 Å². The molecule has 0 saturated heterocycles. The Hall–Kier alpha value is -3.18. The van der Waals surface area contributed by atoms with Gasteiger partial charge in [-0.2, -0.15) is 0 Å². The quantitative estimate of drug-likeness (QED) is 0.548. The highest BCUT2D eigenvalue weighted by atomic mass is 16.5. The monoisotopic (exact) mass is 432 g/mol. The minimum Gasteiger partial charge on any atom is -0.356 e. The highest BCUT2D eigenvalue weighted by Crippen LogP contribution is 2.20. The first-order valence-electron chi connectivity index (χ1n) is 11.0. The fraction of sp³-hybridized carbons (Fsp3) is 0.333. The topological polar surface area (TPSA) is 64.1 Å². The van der Waals surface area contributed by atoms with Gasteiger partial charge in [0.2, 0.25) is 0 Å². The number of nitrogens with zero attached hydrogens (tertiary/aromatic N) is 1. The van der Waals surface area contributed by atoms with Crippen LogP contribution in [0.4, 0.5) is 0 Å². The Kier molecular flexibility index (Phi) is 7.65. The second kappa shape index (κ2) is 10.4. The first-order valence-corrected chi connectivity index (χ1v) is 11.0. The number of benzene rings is 2. The Bertz CT molecular complexity index is 1200. The first kappa shape index (κ1) is 23.5. The number of aromatic nitrogens is 2. The van der Waals surface area contributed by atoms with Crippen LogP contribution in [-0.2, 0) is 17.9 Å². The predicted molar refractivity (Wildman–Crippen MR) is 130 cm³/mol. The van der Waals surface area contributed by atoms with Gasteiger partial charge in [0.05, 0.1) is 6.61 Å². The van der Waals surface area contributed by atoms with Gasteiger partial charge in [-0.25, -0.2) is 4.79 Å². The molecule has 5 heteroatoms. The lowest BCUT2D eigenvalue weighted by atomic mass is 9.96. The van der Waals surface area contributed by atoms with Gasteiger partial charge in [0.15, 0.2) is 0 Å². The van der Waals surface area contributed by atoms with Gasteiger partial charge < -0.3 is 4.74 Å². The van der Waals surface area contributed by atoms with Crippen LogP contribution in [0.15, 0.2) is 63.7 Å². The Morgan fingerprint density at radius 2 is 1.72 bits per heavy atom. The molecule has 1 heterocycles. The minimum absolute atomic E-state index is 0.0220. The summed E-state index contributed by atoms with van der Waals surface area (Å²) >= 11 is 0. The zero-order valence-electron chi connectivity index (χ0n) is 19.6. The van der Waals surface area contributed by atoms with Crippen LogP contribution in [0, 0.1) is 13.8 Å². The molecule has 3 aromatic rings. The molecule has 0 unspecified atom stereocenters. The van der Waals surface area contributed by atoms with Gasteiger partial charge in [-0.15, -0.1) is 0 Å². The lowest BCUT2D eigenvalue weighted by Gasteiger charge is -2.19. The highest BCUT2D eigenvalue weighted by Gasteiger charge is 2.18. The molecule has 0 amide bonds. The van der Waals surface area contributed by atoms with Crippen LogP contribution < -0.4 is 11.2 Å². The molecule has 168 valence electrons. The van der Waals surface area contributed by atoms with Crippen molar-refractivity contribution in [1.29, 1.82) is 0 Å². The van der Waals surface area contributed by atoms with Crippen molar-refractivity contribution in [2.75, 3.05) is 6.61 Å². The SMILES string of the molecule is C/C(=C\c1ccccc1)COCn1c(Cc2cc(C)cc(C)c2)c(C(C)C)c(=O)[nH]c1=O. The zero-order valence-corrected chi connectivity index (χ0v) is 19.6. The standard InChI is InChI=1S/C27H32N2O3/c1-18(2)25-24(15-23-12-19(3)11-20(4)13-23)29(27(31)28-26(25)30)17-32-16-21(5)14-22-9-7-6-8-10-22/h6-14,18H,15-17H2,1-5H3,(H,28,30,31)/b21-14+. The summed E-state index contributed by atoms with van der Waals surface area (Å²) in [6, 6.07) is 16.3. The fourth-order valence-electron chi connectivity index (χ4n) is 4.09. The average molecular weight is 433 g/mol. The maximum Gasteiger partial charge on any atom is 0.330 e. The molecule has 0 fully saturated rings. The molecule has 0 aliphatic rings. The van der Waals surface area contributed by atoms with E-state index in [1.165, 1.54) is 0 Å². The molecule has 0 atom stereocenters. The third-order valence-electron chi connectivity index (χ3n) is 5.34. The summed E-state index contributed by atoms with van der Waals surface area (Å²) in [6.45, 7) is 10.5. The van der Waals surface area contributed by atoms with Crippen LogP contribution in [0.3, 0.4) is 0 Å². The van der Waals surface area contributed by atoms with E-state index in [1.807, 2.05) is 51.1 Å². The van der Waals surface area contributed by atoms with Crippen LogP contribution in [0.1, 0.15) is 60.2 Å². The lowest BCUT2D eigenvalue weighted by Crippen LogP contribution is -2.36. The molecule has 5 nitrogen and oxygen atoms in total. The van der Waals surface area contributed by atoms with Crippen molar-refractivity contribution in [3.8, 4) is 0 Å². The van der Waals surface area contributed by atoms with Gasteiger partial charge >= 0.3 is 5.69 Å². The summed E-state index contributed by atoms with van der Waals surface area (Å²) in [5.74, 6) is -0.0220. The van der Waals surface area contributed by atoms with E-state index in [9.17, 15) is 9.59 Å². The van der Waals surface area contributed by atoms with E-state index in [1.54, 1.807) is 4.57 Å². The fourth-order valence-corrected chi connectivity index (χ4v) is 4.09. The molecule has 1 N–H and O–H groups in total. The van der Waals surface area contributed by atoms with Crippen molar-refractivity contribution in [1.82, 2.24) is 9.55 Å². The van der Waals surface area contributed by atoms with Crippen LogP contribution in [0.5, 0.6) is 0 Å². The second-order valence-electron chi connectivity index (χ2n) is 8.75. The molecule has 0 aliphatic carbocycles. The summed E-state index contributed by atoms with van der Waals surface area (Å²) in [7, 11) is 0. The summed E-state index contributed by atoms with van der Waals surface area (Å²) in [6.07, 6.45) is 2.56. The van der Waals surface area contributed by atoms with Crippen molar-refractivity contribution in [2.45, 2.75) is 53.7 Å². The molecule has 3 rings (SSSR count). The van der Waals surface area contributed by atoms with E-state index in [-0.39, 0.29) is 18.2 Å². The molecule has 2 aromatic carbocycles. The minimum atomic E-state index is -0.441. The zero-order chi connectivity index (χ0) is 23.3. The summed E-state index contributed by atoms with van der Waals surface area (Å²) in [4.78, 5) is 27.9. The maximum absolute atomic E-state index is 12.7. The number of rotatable bonds is 8. The Labute approximate surface area is 189 Å². The number of H-pyrrole nitrogens is 1. The first-order chi connectivity index (χ1) is 15.2. The van der Waals surface area contributed by atoms with E-state index < -0.39 is 5.69 Å². The van der Waals surface area contributed by atoms with Crippen molar-refractivity contribution in [3.63, 3.8) is 0 Å².